The van der Waals surface area contributed by atoms with Crippen LogP contribution in [0.4, 0.5) is 0 Å². The smallest absolute Gasteiger partial charge is 0.328 e. The molecule has 7 heteroatoms. The van der Waals surface area contributed by atoms with E-state index in [0.717, 1.165) is 11.0 Å². The van der Waals surface area contributed by atoms with Gasteiger partial charge in [0.25, 0.3) is 0 Å². The highest BCUT2D eigenvalue weighted by atomic mass is 35.5. The van der Waals surface area contributed by atoms with Gasteiger partial charge < -0.3 is 4.74 Å². The fourth-order valence-electron chi connectivity index (χ4n) is 2.51. The number of ether oxygens (including phenoxy) is 1. The van der Waals surface area contributed by atoms with Gasteiger partial charge in [-0.1, -0.05) is 35.3 Å². The number of hydrogen-bond acceptors (Lipinski definition) is 3. The molecule has 0 bridgehead atoms. The maximum atomic E-state index is 12.3. The van der Waals surface area contributed by atoms with Crippen LogP contribution in [0, 0.1) is 0 Å². The molecule has 0 radical (unpaired) electrons. The maximum Gasteiger partial charge on any atom is 0.328 e. The molecule has 3 aromatic rings. The molecule has 0 fully saturated rings. The minimum Gasteiger partial charge on any atom is -0.426 e. The predicted molar refractivity (Wildman–Crippen MR) is 93.9 cm³/mol. The van der Waals surface area contributed by atoms with E-state index >= 15 is 0 Å². The first-order chi connectivity index (χ1) is 11.5. The van der Waals surface area contributed by atoms with Crippen LogP contribution < -0.4 is 10.4 Å². The van der Waals surface area contributed by atoms with Crippen LogP contribution in [-0.4, -0.2) is 15.1 Å². The van der Waals surface area contributed by atoms with E-state index in [1.807, 2.05) is 24.3 Å². The van der Waals surface area contributed by atoms with E-state index in [1.54, 1.807) is 28.3 Å². The highest BCUT2D eigenvalue weighted by Crippen LogP contribution is 2.26. The lowest BCUT2D eigenvalue weighted by molar-refractivity contribution is -0.134. The maximum absolute atomic E-state index is 12.3. The first-order valence-corrected chi connectivity index (χ1v) is 8.03. The molecule has 0 spiro atoms. The van der Waals surface area contributed by atoms with E-state index in [1.165, 1.54) is 6.07 Å². The number of hydrogen-bond donors (Lipinski definition) is 0. The molecule has 5 nitrogen and oxygen atoms in total. The second kappa shape index (κ2) is 6.71. The average Bonchev–Trinajstić information content (AvgIpc) is 2.81. The van der Waals surface area contributed by atoms with Crippen molar-refractivity contribution < 1.29 is 9.53 Å². The van der Waals surface area contributed by atoms with Gasteiger partial charge in [-0.3, -0.25) is 13.9 Å². The number of rotatable bonds is 4. The van der Waals surface area contributed by atoms with Crippen molar-refractivity contribution in [3.63, 3.8) is 0 Å². The number of carbonyl (C=O) groups excluding carboxylic acids is 1. The Morgan fingerprint density at radius 2 is 1.79 bits per heavy atom. The monoisotopic (exact) mass is 364 g/mol. The number of benzene rings is 2. The van der Waals surface area contributed by atoms with Gasteiger partial charge in [-0.15, -0.1) is 0 Å². The number of nitrogens with zero attached hydrogens (tertiary/aromatic N) is 2. The van der Waals surface area contributed by atoms with Gasteiger partial charge in [-0.2, -0.15) is 0 Å². The molecule has 0 aliphatic heterocycles. The molecular formula is C17H14Cl2N2O3. The van der Waals surface area contributed by atoms with E-state index < -0.39 is 5.97 Å². The van der Waals surface area contributed by atoms with Crippen LogP contribution in [0.5, 0.6) is 5.75 Å². The normalized spacial score (nSPS) is 11.0. The molecule has 124 valence electrons. The number of halogens is 2. The fraction of sp³-hybridized carbons (Fsp3) is 0.176. The summed E-state index contributed by atoms with van der Waals surface area (Å²) in [4.78, 5) is 24.3. The molecule has 0 atom stereocenters. The summed E-state index contributed by atoms with van der Waals surface area (Å²) in [5.74, 6) is -0.132. The molecule has 2 aromatic carbocycles. The number of aromatic nitrogens is 2. The summed E-state index contributed by atoms with van der Waals surface area (Å²) in [6, 6.07) is 12.0. The number of imidazole rings is 1. The topological polar surface area (TPSA) is 53.2 Å². The first kappa shape index (κ1) is 16.6. The minimum atomic E-state index is -0.451. The highest BCUT2D eigenvalue weighted by Gasteiger charge is 2.13. The number of fused-ring (bicyclic) bond motifs is 1. The Kier molecular flexibility index (Phi) is 4.64. The van der Waals surface area contributed by atoms with Crippen molar-refractivity contribution in [1.29, 1.82) is 0 Å². The van der Waals surface area contributed by atoms with Gasteiger partial charge in [-0.25, -0.2) is 4.79 Å². The molecule has 0 saturated carbocycles. The van der Waals surface area contributed by atoms with Gasteiger partial charge in [0, 0.05) is 19.7 Å². The number of para-hydroxylation sites is 2. The van der Waals surface area contributed by atoms with Crippen LogP contribution in [0.3, 0.4) is 0 Å². The van der Waals surface area contributed by atoms with Crippen LogP contribution in [0.1, 0.15) is 6.42 Å². The summed E-state index contributed by atoms with van der Waals surface area (Å²) in [6.07, 6.45) is 0.0637. The molecule has 0 aliphatic carbocycles. The summed E-state index contributed by atoms with van der Waals surface area (Å²) in [7, 11) is 1.70. The van der Waals surface area contributed by atoms with E-state index in [-0.39, 0.29) is 18.7 Å². The molecule has 0 aliphatic rings. The Labute approximate surface area is 148 Å². The number of carbonyl (C=O) groups is 1. The number of aryl methyl sites for hydroxylation is 2. The van der Waals surface area contributed by atoms with Crippen molar-refractivity contribution >= 4 is 40.2 Å². The minimum absolute atomic E-state index is 0.0637. The lowest BCUT2D eigenvalue weighted by Gasteiger charge is -2.06. The van der Waals surface area contributed by atoms with Gasteiger partial charge in [0.05, 0.1) is 27.5 Å². The second-order valence-electron chi connectivity index (χ2n) is 5.28. The summed E-state index contributed by atoms with van der Waals surface area (Å²) in [5.41, 5.74) is 1.44. The Morgan fingerprint density at radius 1 is 1.08 bits per heavy atom. The Hall–Kier alpha value is -2.24. The van der Waals surface area contributed by atoms with Crippen molar-refractivity contribution in [2.45, 2.75) is 13.0 Å². The quantitative estimate of drug-likeness (QED) is 0.524. The van der Waals surface area contributed by atoms with Crippen LogP contribution in [0.25, 0.3) is 11.0 Å². The standard InChI is InChI=1S/C17H14Cl2N2O3/c1-20-14-4-2-3-5-15(14)21(17(20)23)9-8-16(22)24-11-6-7-12(18)13(19)10-11/h2-7,10H,8-9H2,1H3. The summed E-state index contributed by atoms with van der Waals surface area (Å²) in [6.45, 7) is 0.236. The molecule has 0 amide bonds. The summed E-state index contributed by atoms with van der Waals surface area (Å²) >= 11 is 11.7. The Bertz CT molecular complexity index is 976. The SMILES string of the molecule is Cn1c(=O)n(CCC(=O)Oc2ccc(Cl)c(Cl)c2)c2ccccc21. The summed E-state index contributed by atoms with van der Waals surface area (Å²) in [5, 5.41) is 0.700. The average molecular weight is 365 g/mol. The molecule has 24 heavy (non-hydrogen) atoms. The highest BCUT2D eigenvalue weighted by molar-refractivity contribution is 6.42. The van der Waals surface area contributed by atoms with Crippen molar-refractivity contribution in [2.24, 2.45) is 7.05 Å². The zero-order valence-corrected chi connectivity index (χ0v) is 14.3. The van der Waals surface area contributed by atoms with Crippen LogP contribution in [-0.2, 0) is 18.4 Å². The van der Waals surface area contributed by atoms with Gasteiger partial charge >= 0.3 is 11.7 Å². The Morgan fingerprint density at radius 3 is 2.50 bits per heavy atom. The van der Waals surface area contributed by atoms with Gasteiger partial charge in [0.1, 0.15) is 5.75 Å². The van der Waals surface area contributed by atoms with Crippen molar-refractivity contribution in [2.75, 3.05) is 0 Å². The number of esters is 1. The van der Waals surface area contributed by atoms with Crippen molar-refractivity contribution in [3.05, 3.63) is 63.0 Å². The van der Waals surface area contributed by atoms with Crippen molar-refractivity contribution in [3.8, 4) is 5.75 Å². The van der Waals surface area contributed by atoms with Gasteiger partial charge in [-0.05, 0) is 24.3 Å². The fourth-order valence-corrected chi connectivity index (χ4v) is 2.79. The van der Waals surface area contributed by atoms with E-state index in [2.05, 4.69) is 0 Å². The largest absolute Gasteiger partial charge is 0.426 e. The molecule has 3 rings (SSSR count). The molecule has 1 aromatic heterocycles. The van der Waals surface area contributed by atoms with Crippen molar-refractivity contribution in [1.82, 2.24) is 9.13 Å². The lowest BCUT2D eigenvalue weighted by Crippen LogP contribution is -2.24. The third-order valence-corrected chi connectivity index (χ3v) is 4.45. The molecule has 1 heterocycles. The van der Waals surface area contributed by atoms with E-state index in [0.29, 0.717) is 15.8 Å². The zero-order valence-electron chi connectivity index (χ0n) is 12.8. The third-order valence-electron chi connectivity index (χ3n) is 3.71. The zero-order chi connectivity index (χ0) is 17.3. The summed E-state index contributed by atoms with van der Waals surface area (Å²) < 4.78 is 8.34. The molecule has 0 saturated heterocycles. The Balaban J connectivity index is 1.74. The van der Waals surface area contributed by atoms with Crippen LogP contribution in [0.2, 0.25) is 10.0 Å². The predicted octanol–water partition coefficient (Wildman–Crippen LogP) is 3.64. The molecule has 0 unspecified atom stereocenters. The van der Waals surface area contributed by atoms with E-state index in [4.69, 9.17) is 27.9 Å². The molecule has 0 N–H and O–H groups in total. The van der Waals surface area contributed by atoms with Crippen LogP contribution >= 0.6 is 23.2 Å². The third kappa shape index (κ3) is 3.18. The lowest BCUT2D eigenvalue weighted by atomic mass is 10.3. The van der Waals surface area contributed by atoms with E-state index in [9.17, 15) is 9.59 Å². The molecular weight excluding hydrogens is 351 g/mol. The van der Waals surface area contributed by atoms with Gasteiger partial charge in [0.2, 0.25) is 0 Å². The van der Waals surface area contributed by atoms with Crippen LogP contribution in [0.15, 0.2) is 47.3 Å². The second-order valence-corrected chi connectivity index (χ2v) is 6.10. The first-order valence-electron chi connectivity index (χ1n) is 7.27. The van der Waals surface area contributed by atoms with Gasteiger partial charge in [0.15, 0.2) is 0 Å².